The van der Waals surface area contributed by atoms with Gasteiger partial charge in [-0.05, 0) is 43.3 Å². The lowest BCUT2D eigenvalue weighted by Gasteiger charge is -2.56. The van der Waals surface area contributed by atoms with Crippen molar-refractivity contribution < 1.29 is 39.3 Å². The summed E-state index contributed by atoms with van der Waals surface area (Å²) >= 11 is 0. The second-order valence-electron chi connectivity index (χ2n) is 14.2. The standard InChI is InChI=1S/C33H44N2O8/c1-15-17-12-13-18(32(2,3)14-8-11-16-9-6-7-10-16)25(36)20(17)26(37)21-19(15)27(38)23-24(35(4)5)28(39)22(31(34)42)30(41)33(23,43)29(21)40/h12-13,15-16,19,21-24,27,36,38,43H,6-11,14H2,1-5H3,(H2,34,42)/t15-,19+,21?,22?,23+,24-,27-,33-/m1/s1. The van der Waals surface area contributed by atoms with E-state index in [1.807, 2.05) is 13.8 Å². The summed E-state index contributed by atoms with van der Waals surface area (Å²) in [5.74, 6) is -12.2. The molecule has 8 atom stereocenters. The third-order valence-corrected chi connectivity index (χ3v) is 11.1. The molecule has 3 fully saturated rings. The molecular formula is C33H44N2O8. The lowest BCUT2D eigenvalue weighted by molar-refractivity contribution is -0.196. The van der Waals surface area contributed by atoms with E-state index in [2.05, 4.69) is 0 Å². The van der Waals surface area contributed by atoms with Crippen molar-refractivity contribution in [3.63, 3.8) is 0 Å². The van der Waals surface area contributed by atoms with Crippen LogP contribution in [0.25, 0.3) is 0 Å². The third kappa shape index (κ3) is 4.59. The molecule has 2 unspecified atom stereocenters. The number of nitrogens with zero attached hydrogens (tertiary/aromatic N) is 1. The number of carbonyl (C=O) groups excluding carboxylic acids is 5. The molecule has 0 radical (unpaired) electrons. The van der Waals surface area contributed by atoms with E-state index in [1.165, 1.54) is 44.7 Å². The van der Waals surface area contributed by atoms with Crippen molar-refractivity contribution in [2.24, 2.45) is 35.3 Å². The fourth-order valence-electron chi connectivity index (χ4n) is 8.80. The molecule has 3 saturated carbocycles. The molecule has 0 bridgehead atoms. The number of hydrogen-bond acceptors (Lipinski definition) is 9. The van der Waals surface area contributed by atoms with Crippen molar-refractivity contribution >= 4 is 29.0 Å². The predicted octanol–water partition coefficient (Wildman–Crippen LogP) is 2.04. The Morgan fingerprint density at radius 2 is 1.72 bits per heavy atom. The van der Waals surface area contributed by atoms with Crippen LogP contribution in [0.4, 0.5) is 0 Å². The van der Waals surface area contributed by atoms with Gasteiger partial charge in [0, 0.05) is 11.5 Å². The summed E-state index contributed by atoms with van der Waals surface area (Å²) in [5, 5.41) is 35.2. The van der Waals surface area contributed by atoms with Crippen LogP contribution in [-0.4, -0.2) is 81.1 Å². The minimum absolute atomic E-state index is 0.0485. The van der Waals surface area contributed by atoms with E-state index >= 15 is 0 Å². The maximum absolute atomic E-state index is 14.2. The van der Waals surface area contributed by atoms with Gasteiger partial charge in [-0.1, -0.05) is 71.4 Å². The quantitative estimate of drug-likeness (QED) is 0.343. The Hall–Kier alpha value is -2.95. The van der Waals surface area contributed by atoms with Gasteiger partial charge in [0.05, 0.1) is 29.5 Å². The molecule has 0 heterocycles. The average Bonchev–Trinajstić information content (AvgIpc) is 3.43. The van der Waals surface area contributed by atoms with Crippen molar-refractivity contribution in [2.45, 2.75) is 94.8 Å². The van der Waals surface area contributed by atoms with Crippen LogP contribution in [0.5, 0.6) is 5.75 Å². The van der Waals surface area contributed by atoms with Crippen LogP contribution in [0, 0.1) is 29.6 Å². The summed E-state index contributed by atoms with van der Waals surface area (Å²) in [4.78, 5) is 68.7. The number of fused-ring (bicyclic) bond motifs is 3. The molecule has 10 nitrogen and oxygen atoms in total. The number of aliphatic hydroxyl groups excluding tert-OH is 1. The minimum atomic E-state index is -3.00. The van der Waals surface area contributed by atoms with Gasteiger partial charge in [-0.2, -0.15) is 0 Å². The van der Waals surface area contributed by atoms with E-state index in [0.717, 1.165) is 25.2 Å². The number of aliphatic hydroxyl groups is 2. The topological polar surface area (TPSA) is 175 Å². The first-order valence-electron chi connectivity index (χ1n) is 15.5. The first-order chi connectivity index (χ1) is 20.1. The molecule has 1 amide bonds. The first-order valence-corrected chi connectivity index (χ1v) is 15.5. The van der Waals surface area contributed by atoms with E-state index in [4.69, 9.17) is 5.73 Å². The molecule has 5 rings (SSSR count). The summed E-state index contributed by atoms with van der Waals surface area (Å²) in [6.07, 6.45) is 6.27. The molecule has 0 saturated heterocycles. The van der Waals surface area contributed by atoms with Crippen LogP contribution in [0.1, 0.15) is 93.1 Å². The number of nitrogens with two attached hydrogens (primary N) is 1. The van der Waals surface area contributed by atoms with Gasteiger partial charge in [-0.3, -0.25) is 28.9 Å². The molecule has 4 aliphatic rings. The Kier molecular flexibility index (Phi) is 7.97. The molecule has 0 spiro atoms. The van der Waals surface area contributed by atoms with E-state index in [-0.39, 0.29) is 11.3 Å². The van der Waals surface area contributed by atoms with Crippen molar-refractivity contribution in [3.8, 4) is 5.75 Å². The van der Waals surface area contributed by atoms with Gasteiger partial charge in [0.25, 0.3) is 0 Å². The van der Waals surface area contributed by atoms with Crippen LogP contribution in [0.15, 0.2) is 12.1 Å². The monoisotopic (exact) mass is 596 g/mol. The van der Waals surface area contributed by atoms with Crippen molar-refractivity contribution in [1.82, 2.24) is 4.90 Å². The zero-order valence-electron chi connectivity index (χ0n) is 25.6. The predicted molar refractivity (Wildman–Crippen MR) is 156 cm³/mol. The highest BCUT2D eigenvalue weighted by Gasteiger charge is 2.73. The second kappa shape index (κ2) is 10.9. The first kappa shape index (κ1) is 31.5. The molecule has 1 aromatic carbocycles. The molecule has 43 heavy (non-hydrogen) atoms. The van der Waals surface area contributed by atoms with Crippen LogP contribution in [-0.2, 0) is 24.6 Å². The average molecular weight is 597 g/mol. The highest BCUT2D eigenvalue weighted by atomic mass is 16.3. The van der Waals surface area contributed by atoms with Crippen LogP contribution < -0.4 is 5.73 Å². The van der Waals surface area contributed by atoms with E-state index in [1.54, 1.807) is 19.1 Å². The Morgan fingerprint density at radius 1 is 1.09 bits per heavy atom. The zero-order valence-corrected chi connectivity index (χ0v) is 25.6. The normalized spacial score (nSPS) is 34.7. The summed E-state index contributed by atoms with van der Waals surface area (Å²) in [6, 6.07) is 2.17. The lowest BCUT2D eigenvalue weighted by Crippen LogP contribution is -2.77. The van der Waals surface area contributed by atoms with E-state index in [9.17, 15) is 39.3 Å². The van der Waals surface area contributed by atoms with E-state index < -0.39 is 81.8 Å². The number of phenolic OH excluding ortho intramolecular Hbond substituents is 1. The largest absolute Gasteiger partial charge is 0.507 e. The maximum Gasteiger partial charge on any atom is 0.235 e. The maximum atomic E-state index is 14.2. The number of carbonyl (C=O) groups is 5. The third-order valence-electron chi connectivity index (χ3n) is 11.1. The van der Waals surface area contributed by atoms with Gasteiger partial charge in [-0.15, -0.1) is 0 Å². The number of primary amides is 1. The van der Waals surface area contributed by atoms with Crippen LogP contribution in [0.3, 0.4) is 0 Å². The Labute approximate surface area is 252 Å². The number of ketones is 4. The molecule has 0 aromatic heterocycles. The van der Waals surface area contributed by atoms with Gasteiger partial charge in [0.15, 0.2) is 34.7 Å². The van der Waals surface area contributed by atoms with E-state index in [0.29, 0.717) is 11.1 Å². The van der Waals surface area contributed by atoms with Crippen LogP contribution >= 0.6 is 0 Å². The molecule has 234 valence electrons. The summed E-state index contributed by atoms with van der Waals surface area (Å²) in [5.41, 5.74) is 2.87. The number of rotatable bonds is 7. The Balaban J connectivity index is 1.56. The summed E-state index contributed by atoms with van der Waals surface area (Å²) in [7, 11) is 2.94. The number of amides is 1. The molecule has 4 aliphatic carbocycles. The summed E-state index contributed by atoms with van der Waals surface area (Å²) in [6.45, 7) is 5.74. The molecule has 1 aromatic rings. The molecule has 5 N–H and O–H groups in total. The zero-order chi connectivity index (χ0) is 31.8. The fourth-order valence-corrected chi connectivity index (χ4v) is 8.80. The second-order valence-corrected chi connectivity index (χ2v) is 14.2. The Bertz CT molecular complexity index is 1380. The van der Waals surface area contributed by atoms with Crippen molar-refractivity contribution in [1.29, 1.82) is 0 Å². The van der Waals surface area contributed by atoms with Gasteiger partial charge in [0.2, 0.25) is 5.91 Å². The highest BCUT2D eigenvalue weighted by molar-refractivity contribution is 6.32. The van der Waals surface area contributed by atoms with Gasteiger partial charge in [-0.25, -0.2) is 0 Å². The van der Waals surface area contributed by atoms with Gasteiger partial charge >= 0.3 is 0 Å². The van der Waals surface area contributed by atoms with Crippen LogP contribution in [0.2, 0.25) is 0 Å². The summed E-state index contributed by atoms with van der Waals surface area (Å²) < 4.78 is 0. The molecule has 10 heteroatoms. The highest BCUT2D eigenvalue weighted by Crippen LogP contribution is 2.55. The number of likely N-dealkylation sites (N-methyl/N-ethyl adjacent to an activating group) is 1. The number of benzene rings is 1. The van der Waals surface area contributed by atoms with Crippen molar-refractivity contribution in [3.05, 3.63) is 28.8 Å². The van der Waals surface area contributed by atoms with Crippen molar-refractivity contribution in [2.75, 3.05) is 14.1 Å². The fraction of sp³-hybridized carbons (Fsp3) is 0.667. The number of Topliss-reactive ketones (excluding diaryl/α,β-unsaturated/α-hetero) is 4. The van der Waals surface area contributed by atoms with Gasteiger partial charge in [0.1, 0.15) is 5.75 Å². The number of hydrogen-bond donors (Lipinski definition) is 4. The van der Waals surface area contributed by atoms with Gasteiger partial charge < -0.3 is 21.1 Å². The smallest absolute Gasteiger partial charge is 0.235 e. The lowest BCUT2D eigenvalue weighted by atomic mass is 9.49. The number of aromatic hydroxyl groups is 1. The molecule has 0 aliphatic heterocycles. The number of phenols is 1. The SMILES string of the molecule is C[C@@H]1c2ccc(C(C)(C)CCCC3CCCC3)c(O)c2C(=O)C2C(=O)[C@@]3(O)C(=O)C(C(N)=O)C(=O)[C@H](N(C)C)[C@H]3[C@H](O)[C@H]21. The minimum Gasteiger partial charge on any atom is -0.507 e. The molecular weight excluding hydrogens is 552 g/mol. The Morgan fingerprint density at radius 3 is 2.30 bits per heavy atom.